The molecule has 5 nitrogen and oxygen atoms in total. The minimum Gasteiger partial charge on any atom is -0.484 e. The molecule has 2 N–H and O–H groups in total. The second-order valence-corrected chi connectivity index (χ2v) is 5.29. The Labute approximate surface area is 130 Å². The van der Waals surface area contributed by atoms with Gasteiger partial charge in [-0.3, -0.25) is 9.59 Å². The first kappa shape index (κ1) is 17.3. The van der Waals surface area contributed by atoms with E-state index in [1.165, 1.54) is 0 Å². The maximum absolute atomic E-state index is 11.8. The summed E-state index contributed by atoms with van der Waals surface area (Å²) >= 11 is 5.75. The van der Waals surface area contributed by atoms with E-state index >= 15 is 0 Å². The van der Waals surface area contributed by atoms with Crippen LogP contribution in [0.2, 0.25) is 5.02 Å². The molecule has 0 aromatic heterocycles. The second-order valence-electron chi connectivity index (χ2n) is 4.85. The molecule has 0 saturated carbocycles. The Hall–Kier alpha value is -1.75. The van der Waals surface area contributed by atoms with Gasteiger partial charge in [0.2, 0.25) is 5.91 Å². The topological polar surface area (TPSA) is 67.4 Å². The lowest BCUT2D eigenvalue weighted by Gasteiger charge is -2.17. The molecule has 0 heterocycles. The number of nitrogens with one attached hydrogen (secondary N) is 2. The number of carbonyl (C=O) groups is 2. The van der Waals surface area contributed by atoms with Crippen LogP contribution < -0.4 is 15.4 Å². The van der Waals surface area contributed by atoms with Crippen molar-refractivity contribution in [2.45, 2.75) is 39.3 Å². The molecular weight excluding hydrogens is 292 g/mol. The Balaban J connectivity index is 2.35. The lowest BCUT2D eigenvalue weighted by atomic mass is 10.2. The number of halogens is 1. The zero-order valence-electron chi connectivity index (χ0n) is 12.5. The number of rotatable bonds is 7. The number of benzene rings is 1. The minimum atomic E-state index is -0.597. The molecule has 2 atom stereocenters. The number of ether oxygens (including phenoxy) is 1. The molecule has 6 heteroatoms. The zero-order valence-corrected chi connectivity index (χ0v) is 13.2. The van der Waals surface area contributed by atoms with Crippen LogP contribution in [-0.4, -0.2) is 30.5 Å². The van der Waals surface area contributed by atoms with E-state index in [4.69, 9.17) is 16.3 Å². The highest BCUT2D eigenvalue weighted by Crippen LogP contribution is 2.15. The van der Waals surface area contributed by atoms with E-state index in [1.54, 1.807) is 31.2 Å². The van der Waals surface area contributed by atoms with Gasteiger partial charge in [-0.2, -0.15) is 0 Å². The van der Waals surface area contributed by atoms with Gasteiger partial charge in [0.25, 0.3) is 5.91 Å². The van der Waals surface area contributed by atoms with Crippen LogP contribution in [0.25, 0.3) is 0 Å². The third-order valence-corrected chi connectivity index (χ3v) is 3.21. The van der Waals surface area contributed by atoms with Crippen LogP contribution >= 0.6 is 11.6 Å². The average molecular weight is 313 g/mol. The van der Waals surface area contributed by atoms with E-state index in [9.17, 15) is 9.59 Å². The van der Waals surface area contributed by atoms with Gasteiger partial charge in [-0.25, -0.2) is 0 Å². The first-order valence-corrected chi connectivity index (χ1v) is 7.28. The van der Waals surface area contributed by atoms with Crippen molar-refractivity contribution < 1.29 is 14.3 Å². The fourth-order valence-corrected chi connectivity index (χ4v) is 1.62. The van der Waals surface area contributed by atoms with Crippen molar-refractivity contribution in [3.63, 3.8) is 0 Å². The highest BCUT2D eigenvalue weighted by molar-refractivity contribution is 6.30. The Morgan fingerprint density at radius 3 is 2.38 bits per heavy atom. The van der Waals surface area contributed by atoms with Gasteiger partial charge < -0.3 is 15.4 Å². The summed E-state index contributed by atoms with van der Waals surface area (Å²) in [5, 5.41) is 5.99. The number of hydrogen-bond donors (Lipinski definition) is 2. The summed E-state index contributed by atoms with van der Waals surface area (Å²) in [4.78, 5) is 23.5. The van der Waals surface area contributed by atoms with E-state index in [0.29, 0.717) is 10.8 Å². The smallest absolute Gasteiger partial charge is 0.258 e. The van der Waals surface area contributed by atoms with Crippen LogP contribution in [0.3, 0.4) is 0 Å². The monoisotopic (exact) mass is 312 g/mol. The Morgan fingerprint density at radius 1 is 1.19 bits per heavy atom. The zero-order chi connectivity index (χ0) is 15.8. The summed E-state index contributed by atoms with van der Waals surface area (Å²) < 4.78 is 5.30. The first-order chi connectivity index (χ1) is 9.92. The van der Waals surface area contributed by atoms with Crippen molar-refractivity contribution in [1.29, 1.82) is 0 Å². The SMILES string of the molecule is CC[C@H](C)NC(=O)[C@@H](C)NC(=O)COc1ccc(Cl)cc1. The first-order valence-electron chi connectivity index (χ1n) is 6.90. The highest BCUT2D eigenvalue weighted by atomic mass is 35.5. The van der Waals surface area contributed by atoms with Crippen molar-refractivity contribution in [2.75, 3.05) is 6.61 Å². The normalized spacial score (nSPS) is 13.1. The quantitative estimate of drug-likeness (QED) is 0.810. The van der Waals surface area contributed by atoms with Gasteiger partial charge in [-0.15, -0.1) is 0 Å². The summed E-state index contributed by atoms with van der Waals surface area (Å²) in [6.07, 6.45) is 0.839. The van der Waals surface area contributed by atoms with E-state index in [1.807, 2.05) is 13.8 Å². The van der Waals surface area contributed by atoms with Crippen LogP contribution in [0.15, 0.2) is 24.3 Å². The summed E-state index contributed by atoms with van der Waals surface area (Å²) in [5.41, 5.74) is 0. The van der Waals surface area contributed by atoms with E-state index in [2.05, 4.69) is 10.6 Å². The van der Waals surface area contributed by atoms with Gasteiger partial charge in [0.15, 0.2) is 6.61 Å². The van der Waals surface area contributed by atoms with E-state index in [0.717, 1.165) is 6.42 Å². The molecular formula is C15H21ClN2O3. The highest BCUT2D eigenvalue weighted by Gasteiger charge is 2.16. The summed E-state index contributed by atoms with van der Waals surface area (Å²) in [6.45, 7) is 5.38. The summed E-state index contributed by atoms with van der Waals surface area (Å²) in [6, 6.07) is 6.19. The van der Waals surface area contributed by atoms with E-state index < -0.39 is 6.04 Å². The molecule has 1 aromatic rings. The number of carbonyl (C=O) groups excluding carboxylic acids is 2. The molecule has 2 amide bonds. The van der Waals surface area contributed by atoms with Crippen molar-refractivity contribution >= 4 is 23.4 Å². The summed E-state index contributed by atoms with van der Waals surface area (Å²) in [5.74, 6) is -0.00722. The minimum absolute atomic E-state index is 0.0853. The lowest BCUT2D eigenvalue weighted by Crippen LogP contribution is -2.48. The molecule has 0 aliphatic heterocycles. The third-order valence-electron chi connectivity index (χ3n) is 2.96. The largest absolute Gasteiger partial charge is 0.484 e. The molecule has 0 aliphatic carbocycles. The molecule has 0 aliphatic rings. The molecule has 116 valence electrons. The van der Waals surface area contributed by atoms with Gasteiger partial charge in [-0.1, -0.05) is 18.5 Å². The van der Waals surface area contributed by atoms with Gasteiger partial charge in [0.1, 0.15) is 11.8 Å². The molecule has 0 fully saturated rings. The Kier molecular flexibility index (Phi) is 7.02. The summed E-state index contributed by atoms with van der Waals surface area (Å²) in [7, 11) is 0. The molecule has 0 saturated heterocycles. The van der Waals surface area contributed by atoms with Crippen LogP contribution in [0.4, 0.5) is 0 Å². The maximum Gasteiger partial charge on any atom is 0.258 e. The number of hydrogen-bond acceptors (Lipinski definition) is 3. The molecule has 1 aromatic carbocycles. The third kappa shape index (κ3) is 6.49. The Morgan fingerprint density at radius 2 is 1.81 bits per heavy atom. The van der Waals surface area contributed by atoms with Gasteiger partial charge in [0.05, 0.1) is 0 Å². The Bertz CT molecular complexity index is 476. The van der Waals surface area contributed by atoms with Gasteiger partial charge in [0, 0.05) is 11.1 Å². The molecule has 0 radical (unpaired) electrons. The van der Waals surface area contributed by atoms with Crippen LogP contribution in [0.1, 0.15) is 27.2 Å². The lowest BCUT2D eigenvalue weighted by molar-refractivity contribution is -0.129. The van der Waals surface area contributed by atoms with Crippen molar-refractivity contribution in [2.24, 2.45) is 0 Å². The van der Waals surface area contributed by atoms with Crippen LogP contribution in [0.5, 0.6) is 5.75 Å². The molecule has 0 unspecified atom stereocenters. The predicted molar refractivity (Wildman–Crippen MR) is 82.4 cm³/mol. The van der Waals surface area contributed by atoms with Gasteiger partial charge in [-0.05, 0) is 44.5 Å². The van der Waals surface area contributed by atoms with E-state index in [-0.39, 0.29) is 24.5 Å². The molecule has 0 spiro atoms. The average Bonchev–Trinajstić information content (AvgIpc) is 2.46. The predicted octanol–water partition coefficient (Wildman–Crippen LogP) is 2.14. The standard InChI is InChI=1S/C15H21ClN2O3/c1-4-10(2)17-15(20)11(3)18-14(19)9-21-13-7-5-12(16)6-8-13/h5-8,10-11H,4,9H2,1-3H3,(H,17,20)(H,18,19)/t10-,11+/m0/s1. The van der Waals surface area contributed by atoms with Crippen LogP contribution in [-0.2, 0) is 9.59 Å². The van der Waals surface area contributed by atoms with Crippen molar-refractivity contribution in [1.82, 2.24) is 10.6 Å². The molecule has 0 bridgehead atoms. The second kappa shape index (κ2) is 8.52. The maximum atomic E-state index is 11.8. The number of amides is 2. The van der Waals surface area contributed by atoms with Crippen LogP contribution in [0, 0.1) is 0 Å². The van der Waals surface area contributed by atoms with Crippen molar-refractivity contribution in [3.05, 3.63) is 29.3 Å². The molecule has 21 heavy (non-hydrogen) atoms. The molecule has 1 rings (SSSR count). The fraction of sp³-hybridized carbons (Fsp3) is 0.467. The van der Waals surface area contributed by atoms with Gasteiger partial charge >= 0.3 is 0 Å². The van der Waals surface area contributed by atoms with Crippen molar-refractivity contribution in [3.8, 4) is 5.75 Å². The fourth-order valence-electron chi connectivity index (χ4n) is 1.50.